The SMILES string of the molecule is COc1cc(C=O)cc(CO)c1O. The van der Waals surface area contributed by atoms with Gasteiger partial charge in [-0.05, 0) is 12.1 Å². The van der Waals surface area contributed by atoms with Gasteiger partial charge in [0.25, 0.3) is 0 Å². The topological polar surface area (TPSA) is 66.8 Å². The van der Waals surface area contributed by atoms with Crippen molar-refractivity contribution in [1.29, 1.82) is 0 Å². The quantitative estimate of drug-likeness (QED) is 0.675. The van der Waals surface area contributed by atoms with Crippen molar-refractivity contribution < 1.29 is 19.7 Å². The highest BCUT2D eigenvalue weighted by molar-refractivity contribution is 5.77. The molecule has 1 aromatic carbocycles. The van der Waals surface area contributed by atoms with Crippen molar-refractivity contribution in [2.75, 3.05) is 7.11 Å². The van der Waals surface area contributed by atoms with E-state index in [1.165, 1.54) is 19.2 Å². The summed E-state index contributed by atoms with van der Waals surface area (Å²) in [6, 6.07) is 2.81. The van der Waals surface area contributed by atoms with Crippen molar-refractivity contribution in [2.24, 2.45) is 0 Å². The number of rotatable bonds is 3. The van der Waals surface area contributed by atoms with Gasteiger partial charge in [-0.1, -0.05) is 0 Å². The molecule has 0 aliphatic carbocycles. The monoisotopic (exact) mass is 182 g/mol. The first-order valence-corrected chi connectivity index (χ1v) is 3.68. The van der Waals surface area contributed by atoms with Crippen LogP contribution in [-0.4, -0.2) is 23.6 Å². The highest BCUT2D eigenvalue weighted by atomic mass is 16.5. The van der Waals surface area contributed by atoms with Crippen LogP contribution in [0.25, 0.3) is 0 Å². The third-order valence-corrected chi connectivity index (χ3v) is 1.70. The third kappa shape index (κ3) is 1.78. The summed E-state index contributed by atoms with van der Waals surface area (Å²) in [5.41, 5.74) is 0.639. The maximum atomic E-state index is 10.4. The number of ether oxygens (including phenoxy) is 1. The maximum Gasteiger partial charge on any atom is 0.163 e. The second-order valence-corrected chi connectivity index (χ2v) is 2.51. The zero-order valence-corrected chi connectivity index (χ0v) is 7.15. The minimum absolute atomic E-state index is 0.129. The van der Waals surface area contributed by atoms with E-state index in [1.54, 1.807) is 0 Å². The summed E-state index contributed by atoms with van der Waals surface area (Å²) >= 11 is 0. The van der Waals surface area contributed by atoms with E-state index in [0.29, 0.717) is 11.8 Å². The number of hydrogen-bond acceptors (Lipinski definition) is 4. The van der Waals surface area contributed by atoms with E-state index in [0.717, 1.165) is 0 Å². The normalized spacial score (nSPS) is 9.69. The first-order valence-electron chi connectivity index (χ1n) is 3.68. The van der Waals surface area contributed by atoms with E-state index in [4.69, 9.17) is 9.84 Å². The average molecular weight is 182 g/mol. The molecule has 4 heteroatoms. The van der Waals surface area contributed by atoms with E-state index in [9.17, 15) is 9.90 Å². The fourth-order valence-corrected chi connectivity index (χ4v) is 1.03. The van der Waals surface area contributed by atoms with Gasteiger partial charge in [-0.25, -0.2) is 0 Å². The molecule has 0 bridgehead atoms. The summed E-state index contributed by atoms with van der Waals surface area (Å²) in [6.45, 7) is -0.329. The Morgan fingerprint density at radius 1 is 1.54 bits per heavy atom. The lowest BCUT2D eigenvalue weighted by Gasteiger charge is -2.07. The summed E-state index contributed by atoms with van der Waals surface area (Å²) < 4.78 is 4.81. The predicted molar refractivity (Wildman–Crippen MR) is 46.0 cm³/mol. The Morgan fingerprint density at radius 2 is 2.23 bits per heavy atom. The van der Waals surface area contributed by atoms with Crippen LogP contribution in [0.4, 0.5) is 0 Å². The van der Waals surface area contributed by atoms with Gasteiger partial charge in [0, 0.05) is 11.1 Å². The fraction of sp³-hybridized carbons (Fsp3) is 0.222. The van der Waals surface area contributed by atoms with Gasteiger partial charge in [0.15, 0.2) is 11.5 Å². The standard InChI is InChI=1S/C9H10O4/c1-13-8-3-6(4-10)2-7(5-11)9(8)12/h2-4,11-12H,5H2,1H3. The molecule has 0 aliphatic rings. The van der Waals surface area contributed by atoms with E-state index in [1.807, 2.05) is 0 Å². The number of aliphatic hydroxyl groups is 1. The fourth-order valence-electron chi connectivity index (χ4n) is 1.03. The summed E-state index contributed by atoms with van der Waals surface area (Å²) in [7, 11) is 1.38. The molecule has 0 spiro atoms. The maximum absolute atomic E-state index is 10.4. The zero-order chi connectivity index (χ0) is 9.84. The van der Waals surface area contributed by atoms with Crippen LogP contribution in [0.15, 0.2) is 12.1 Å². The molecule has 0 unspecified atom stereocenters. The van der Waals surface area contributed by atoms with Crippen molar-refractivity contribution in [3.63, 3.8) is 0 Å². The van der Waals surface area contributed by atoms with Crippen LogP contribution in [0.2, 0.25) is 0 Å². The molecule has 1 aromatic rings. The average Bonchev–Trinajstić information content (AvgIpc) is 2.18. The van der Waals surface area contributed by atoms with Gasteiger partial charge in [0.2, 0.25) is 0 Å². The van der Waals surface area contributed by atoms with Gasteiger partial charge < -0.3 is 14.9 Å². The van der Waals surface area contributed by atoms with E-state index >= 15 is 0 Å². The number of aldehydes is 1. The molecule has 0 aromatic heterocycles. The van der Waals surface area contributed by atoms with Crippen LogP contribution in [0.5, 0.6) is 11.5 Å². The number of benzene rings is 1. The minimum atomic E-state index is -0.329. The third-order valence-electron chi connectivity index (χ3n) is 1.70. The minimum Gasteiger partial charge on any atom is -0.504 e. The first-order chi connectivity index (χ1) is 6.22. The molecule has 13 heavy (non-hydrogen) atoms. The Labute approximate surface area is 75.4 Å². The second kappa shape index (κ2) is 3.91. The number of phenols is 1. The zero-order valence-electron chi connectivity index (χ0n) is 7.15. The van der Waals surface area contributed by atoms with Gasteiger partial charge in [0.05, 0.1) is 13.7 Å². The molecule has 0 saturated carbocycles. The van der Waals surface area contributed by atoms with Crippen molar-refractivity contribution in [2.45, 2.75) is 6.61 Å². The highest BCUT2D eigenvalue weighted by Gasteiger charge is 2.08. The van der Waals surface area contributed by atoms with E-state index in [-0.39, 0.29) is 23.7 Å². The van der Waals surface area contributed by atoms with Gasteiger partial charge >= 0.3 is 0 Å². The lowest BCUT2D eigenvalue weighted by Crippen LogP contribution is -1.92. The van der Waals surface area contributed by atoms with Gasteiger partial charge in [-0.15, -0.1) is 0 Å². The smallest absolute Gasteiger partial charge is 0.163 e. The number of aliphatic hydroxyl groups excluding tert-OH is 1. The summed E-state index contributed by atoms with van der Waals surface area (Å²) in [6.07, 6.45) is 0.626. The molecule has 4 nitrogen and oxygen atoms in total. The van der Waals surface area contributed by atoms with Crippen molar-refractivity contribution >= 4 is 6.29 Å². The molecule has 0 radical (unpaired) electrons. The van der Waals surface area contributed by atoms with Gasteiger partial charge in [0.1, 0.15) is 6.29 Å². The lowest BCUT2D eigenvalue weighted by molar-refractivity contribution is 0.112. The van der Waals surface area contributed by atoms with Crippen LogP contribution in [0.3, 0.4) is 0 Å². The summed E-state index contributed by atoms with van der Waals surface area (Å²) in [5, 5.41) is 18.2. The van der Waals surface area contributed by atoms with Crippen molar-refractivity contribution in [1.82, 2.24) is 0 Å². The van der Waals surface area contributed by atoms with Crippen LogP contribution in [0.1, 0.15) is 15.9 Å². The molecule has 0 amide bonds. The molecule has 1 rings (SSSR count). The van der Waals surface area contributed by atoms with Gasteiger partial charge in [-0.3, -0.25) is 4.79 Å². The molecule has 0 aliphatic heterocycles. The number of carbonyl (C=O) groups excluding carboxylic acids is 1. The Bertz CT molecular complexity index is 294. The number of aromatic hydroxyl groups is 1. The molecule has 0 heterocycles. The van der Waals surface area contributed by atoms with Crippen molar-refractivity contribution in [3.05, 3.63) is 23.3 Å². The predicted octanol–water partition coefficient (Wildman–Crippen LogP) is 0.706. The molecule has 0 atom stereocenters. The highest BCUT2D eigenvalue weighted by Crippen LogP contribution is 2.30. The molecule has 0 saturated heterocycles. The van der Waals surface area contributed by atoms with Crippen LogP contribution in [0, 0.1) is 0 Å². The molecular formula is C9H10O4. The first kappa shape index (κ1) is 9.54. The van der Waals surface area contributed by atoms with Crippen LogP contribution < -0.4 is 4.74 Å². The molecular weight excluding hydrogens is 172 g/mol. The van der Waals surface area contributed by atoms with E-state index in [2.05, 4.69) is 0 Å². The molecule has 2 N–H and O–H groups in total. The van der Waals surface area contributed by atoms with Gasteiger partial charge in [-0.2, -0.15) is 0 Å². The number of carbonyl (C=O) groups is 1. The lowest BCUT2D eigenvalue weighted by atomic mass is 10.1. The van der Waals surface area contributed by atoms with E-state index < -0.39 is 0 Å². The van der Waals surface area contributed by atoms with Crippen molar-refractivity contribution in [3.8, 4) is 11.5 Å². The molecule has 0 fully saturated rings. The number of hydrogen-bond donors (Lipinski definition) is 2. The van der Waals surface area contributed by atoms with Crippen LogP contribution >= 0.6 is 0 Å². The largest absolute Gasteiger partial charge is 0.504 e. The summed E-state index contributed by atoms with van der Waals surface area (Å²) in [5.74, 6) is 0.0595. The Hall–Kier alpha value is -1.55. The summed E-state index contributed by atoms with van der Waals surface area (Å²) in [4.78, 5) is 10.4. The Balaban J connectivity index is 3.28. The Kier molecular flexibility index (Phi) is 2.87. The number of methoxy groups -OCH3 is 1. The second-order valence-electron chi connectivity index (χ2n) is 2.51. The molecule has 70 valence electrons. The van der Waals surface area contributed by atoms with Crippen LogP contribution in [-0.2, 0) is 6.61 Å². The Morgan fingerprint density at radius 3 is 2.69 bits per heavy atom.